The van der Waals surface area contributed by atoms with Gasteiger partial charge in [0.05, 0.1) is 7.11 Å². The average molecular weight is 184 g/mol. The van der Waals surface area contributed by atoms with E-state index in [-0.39, 0.29) is 0 Å². The molecule has 0 aliphatic rings. The zero-order valence-electron chi connectivity index (χ0n) is 8.06. The van der Waals surface area contributed by atoms with Gasteiger partial charge in [0, 0.05) is 6.07 Å². The van der Waals surface area contributed by atoms with Crippen LogP contribution in [0, 0.1) is 13.8 Å². The molecule has 0 radical (unpaired) electrons. The molecule has 0 aliphatic carbocycles. The third-order valence-corrected chi connectivity index (χ3v) is 1.90. The molecule has 0 saturated heterocycles. The Morgan fingerprint density at radius 1 is 1.15 bits per heavy atom. The number of benzene rings is 1. The number of ether oxygens (including phenoxy) is 2. The van der Waals surface area contributed by atoms with Crippen molar-refractivity contribution in [2.75, 3.05) is 14.0 Å². The molecule has 2 nitrogen and oxygen atoms in total. The monoisotopic (exact) mass is 184 g/mol. The van der Waals surface area contributed by atoms with Crippen LogP contribution in [0.1, 0.15) is 11.1 Å². The van der Waals surface area contributed by atoms with Gasteiger partial charge < -0.3 is 9.47 Å². The van der Waals surface area contributed by atoms with Gasteiger partial charge in [0.25, 0.3) is 0 Å². The summed E-state index contributed by atoms with van der Waals surface area (Å²) in [6.45, 7) is 3.00. The van der Waals surface area contributed by atoms with E-state index in [4.69, 9.17) is 9.47 Å². The Labute approximate surface area is 77.3 Å². The first-order valence-electron chi connectivity index (χ1n) is 4.03. The first-order chi connectivity index (χ1) is 6.19. The minimum atomic E-state index is -0.812. The van der Waals surface area contributed by atoms with E-state index in [0.717, 1.165) is 11.1 Å². The smallest absolute Gasteiger partial charge is 0.228 e. The second kappa shape index (κ2) is 4.12. The molecule has 1 aromatic rings. The lowest BCUT2D eigenvalue weighted by Crippen LogP contribution is -1.95. The summed E-state index contributed by atoms with van der Waals surface area (Å²) < 4.78 is 21.8. The van der Waals surface area contributed by atoms with E-state index in [0.29, 0.717) is 11.5 Å². The van der Waals surface area contributed by atoms with E-state index in [2.05, 4.69) is 0 Å². The van der Waals surface area contributed by atoms with Crippen molar-refractivity contribution in [1.29, 1.82) is 0 Å². The number of rotatable bonds is 3. The molecular weight excluding hydrogens is 171 g/mol. The molecule has 0 N–H and O–H groups in total. The lowest BCUT2D eigenvalue weighted by molar-refractivity contribution is 0.190. The summed E-state index contributed by atoms with van der Waals surface area (Å²) in [5, 5.41) is 0. The van der Waals surface area contributed by atoms with E-state index >= 15 is 0 Å². The van der Waals surface area contributed by atoms with Gasteiger partial charge in [-0.05, 0) is 31.0 Å². The molecule has 0 heterocycles. The topological polar surface area (TPSA) is 18.5 Å². The predicted molar refractivity (Wildman–Crippen MR) is 49.1 cm³/mol. The Hall–Kier alpha value is -1.25. The normalized spacial score (nSPS) is 9.85. The minimum Gasteiger partial charge on any atom is -0.496 e. The molecule has 3 heteroatoms. The molecule has 1 aromatic carbocycles. The zero-order valence-corrected chi connectivity index (χ0v) is 8.06. The molecule has 0 spiro atoms. The van der Waals surface area contributed by atoms with Crippen LogP contribution >= 0.6 is 0 Å². The summed E-state index contributed by atoms with van der Waals surface area (Å²) in [6.07, 6.45) is 0. The molecule has 0 bridgehead atoms. The number of alkyl halides is 1. The van der Waals surface area contributed by atoms with Crippen LogP contribution in [-0.2, 0) is 0 Å². The third kappa shape index (κ3) is 2.11. The van der Waals surface area contributed by atoms with Crippen molar-refractivity contribution in [3.05, 3.63) is 23.3 Å². The van der Waals surface area contributed by atoms with Gasteiger partial charge in [0.1, 0.15) is 11.5 Å². The van der Waals surface area contributed by atoms with Crippen molar-refractivity contribution in [3.8, 4) is 11.5 Å². The van der Waals surface area contributed by atoms with Crippen LogP contribution < -0.4 is 9.47 Å². The molecule has 0 atom stereocenters. The maximum atomic E-state index is 11.9. The van der Waals surface area contributed by atoms with Crippen LogP contribution in [0.3, 0.4) is 0 Å². The summed E-state index contributed by atoms with van der Waals surface area (Å²) >= 11 is 0. The molecule has 0 unspecified atom stereocenters. The number of hydrogen-bond acceptors (Lipinski definition) is 2. The maximum Gasteiger partial charge on any atom is 0.228 e. The Balaban J connectivity index is 3.06. The Morgan fingerprint density at radius 3 is 2.31 bits per heavy atom. The number of hydrogen-bond donors (Lipinski definition) is 0. The van der Waals surface area contributed by atoms with Crippen LogP contribution in [0.25, 0.3) is 0 Å². The molecule has 1 rings (SSSR count). The van der Waals surface area contributed by atoms with Crippen molar-refractivity contribution in [3.63, 3.8) is 0 Å². The first-order valence-corrected chi connectivity index (χ1v) is 4.03. The zero-order chi connectivity index (χ0) is 9.84. The lowest BCUT2D eigenvalue weighted by Gasteiger charge is -2.10. The van der Waals surface area contributed by atoms with Crippen molar-refractivity contribution in [2.24, 2.45) is 0 Å². The van der Waals surface area contributed by atoms with Gasteiger partial charge in [-0.2, -0.15) is 0 Å². The number of methoxy groups -OCH3 is 1. The second-order valence-electron chi connectivity index (χ2n) is 2.84. The minimum absolute atomic E-state index is 0.532. The molecule has 72 valence electrons. The predicted octanol–water partition coefficient (Wildman–Crippen LogP) is 2.62. The highest BCUT2D eigenvalue weighted by Gasteiger charge is 2.05. The van der Waals surface area contributed by atoms with Crippen LogP contribution in [-0.4, -0.2) is 14.0 Å². The molecule has 0 aliphatic heterocycles. The van der Waals surface area contributed by atoms with Crippen molar-refractivity contribution in [1.82, 2.24) is 0 Å². The molecule has 0 fully saturated rings. The summed E-state index contributed by atoms with van der Waals surface area (Å²) in [5.41, 5.74) is 1.93. The number of aryl methyl sites for hydroxylation is 2. The summed E-state index contributed by atoms with van der Waals surface area (Å²) in [5.74, 6) is 1.25. The highest BCUT2D eigenvalue weighted by Crippen LogP contribution is 2.27. The standard InChI is InChI=1S/C10H13FO2/c1-7-4-8(2)10(13-6-11)5-9(7)12-3/h4-5H,6H2,1-3H3. The van der Waals surface area contributed by atoms with E-state index < -0.39 is 6.86 Å². The van der Waals surface area contributed by atoms with Gasteiger partial charge in [-0.15, -0.1) is 0 Å². The van der Waals surface area contributed by atoms with Gasteiger partial charge in [-0.1, -0.05) is 0 Å². The molecule has 0 amide bonds. The molecule has 13 heavy (non-hydrogen) atoms. The average Bonchev–Trinajstić information content (AvgIpc) is 2.10. The lowest BCUT2D eigenvalue weighted by atomic mass is 10.1. The fourth-order valence-corrected chi connectivity index (χ4v) is 1.25. The van der Waals surface area contributed by atoms with Crippen LogP contribution in [0.15, 0.2) is 12.1 Å². The largest absolute Gasteiger partial charge is 0.496 e. The molecular formula is C10H13FO2. The fourth-order valence-electron chi connectivity index (χ4n) is 1.25. The summed E-state index contributed by atoms with van der Waals surface area (Å²) in [7, 11) is 1.58. The Bertz CT molecular complexity index is 297. The van der Waals surface area contributed by atoms with E-state index in [1.54, 1.807) is 13.2 Å². The van der Waals surface area contributed by atoms with Crippen LogP contribution in [0.5, 0.6) is 11.5 Å². The second-order valence-corrected chi connectivity index (χ2v) is 2.84. The van der Waals surface area contributed by atoms with Crippen LogP contribution in [0.2, 0.25) is 0 Å². The van der Waals surface area contributed by atoms with Gasteiger partial charge in [-0.25, -0.2) is 4.39 Å². The van der Waals surface area contributed by atoms with Gasteiger partial charge >= 0.3 is 0 Å². The summed E-state index contributed by atoms with van der Waals surface area (Å²) in [4.78, 5) is 0. The Morgan fingerprint density at radius 2 is 1.77 bits per heavy atom. The van der Waals surface area contributed by atoms with Gasteiger partial charge in [0.2, 0.25) is 6.86 Å². The van der Waals surface area contributed by atoms with Gasteiger partial charge in [0.15, 0.2) is 0 Å². The van der Waals surface area contributed by atoms with Gasteiger partial charge in [-0.3, -0.25) is 0 Å². The molecule has 0 saturated carbocycles. The Kier molecular flexibility index (Phi) is 3.12. The van der Waals surface area contributed by atoms with Crippen LogP contribution in [0.4, 0.5) is 4.39 Å². The quantitative estimate of drug-likeness (QED) is 0.718. The number of halogens is 1. The van der Waals surface area contributed by atoms with E-state index in [1.165, 1.54) is 0 Å². The maximum absolute atomic E-state index is 11.9. The van der Waals surface area contributed by atoms with Crippen molar-refractivity contribution < 1.29 is 13.9 Å². The molecule has 0 aromatic heterocycles. The van der Waals surface area contributed by atoms with Crippen molar-refractivity contribution in [2.45, 2.75) is 13.8 Å². The highest BCUT2D eigenvalue weighted by molar-refractivity contribution is 5.45. The summed E-state index contributed by atoms with van der Waals surface area (Å²) in [6, 6.07) is 3.61. The third-order valence-electron chi connectivity index (χ3n) is 1.90. The SMILES string of the molecule is COc1cc(OCF)c(C)cc1C. The first kappa shape index (κ1) is 9.84. The van der Waals surface area contributed by atoms with Crippen molar-refractivity contribution >= 4 is 0 Å². The van der Waals surface area contributed by atoms with E-state index in [1.807, 2.05) is 19.9 Å². The fraction of sp³-hybridized carbons (Fsp3) is 0.400. The highest BCUT2D eigenvalue weighted by atomic mass is 19.1. The van der Waals surface area contributed by atoms with E-state index in [9.17, 15) is 4.39 Å².